The number of anilines is 1. The molecule has 206 valence electrons. The lowest BCUT2D eigenvalue weighted by Crippen LogP contribution is -2.40. The molecule has 0 unspecified atom stereocenters. The zero-order chi connectivity index (χ0) is 31.0. The van der Waals surface area contributed by atoms with E-state index < -0.39 is 29.3 Å². The lowest BCUT2D eigenvalue weighted by molar-refractivity contribution is -0.120. The number of carbonyl (C=O) groups is 1. The highest BCUT2D eigenvalue weighted by atomic mass is 35.5. The van der Waals surface area contributed by atoms with Crippen LogP contribution in [0.5, 0.6) is 0 Å². The molecule has 2 aromatic heterocycles. The molecule has 11 heteroatoms. The summed E-state index contributed by atoms with van der Waals surface area (Å²) in [7, 11) is 0. The van der Waals surface area contributed by atoms with Crippen molar-refractivity contribution in [1.29, 1.82) is 0 Å². The molecule has 0 saturated heterocycles. The lowest BCUT2D eigenvalue weighted by Gasteiger charge is -2.31. The summed E-state index contributed by atoms with van der Waals surface area (Å²) in [4.78, 5) is 34.0. The molecular formula is C29H24Cl2F2N4O3. The number of aromatic nitrogens is 2. The van der Waals surface area contributed by atoms with Crippen molar-refractivity contribution in [1.82, 2.24) is 15.3 Å². The second kappa shape index (κ2) is 11.6. The number of halogens is 4. The highest BCUT2D eigenvalue weighted by molar-refractivity contribution is 6.35. The third-order valence-corrected chi connectivity index (χ3v) is 6.56. The van der Waals surface area contributed by atoms with Gasteiger partial charge in [0.25, 0.3) is 0 Å². The SMILES string of the molecule is [2H]C([2H])(OC1=C(Cl)C(=C=O)N(c2cc(-c3ccnc(C(C)(C)NC(C)=O)c3)ncc2Cl)C(C)=C1)c1ccc(F)cc1F. The second-order valence-electron chi connectivity index (χ2n) is 9.34. The molecule has 1 amide bonds. The molecule has 7 nitrogen and oxygen atoms in total. The Morgan fingerprint density at radius 2 is 1.95 bits per heavy atom. The molecule has 0 bridgehead atoms. The molecule has 1 aliphatic rings. The average Bonchev–Trinajstić information content (AvgIpc) is 2.90. The number of hydrogen-bond donors (Lipinski definition) is 1. The molecule has 1 aliphatic heterocycles. The lowest BCUT2D eigenvalue weighted by atomic mass is 9.97. The number of ether oxygens (including phenoxy) is 1. The maximum absolute atomic E-state index is 14.3. The van der Waals surface area contributed by atoms with E-state index in [1.165, 1.54) is 24.1 Å². The van der Waals surface area contributed by atoms with Crippen molar-refractivity contribution in [2.45, 2.75) is 39.8 Å². The van der Waals surface area contributed by atoms with Crippen LogP contribution in [-0.4, -0.2) is 21.8 Å². The van der Waals surface area contributed by atoms with Crippen LogP contribution in [0.3, 0.4) is 0 Å². The van der Waals surface area contributed by atoms with Crippen molar-refractivity contribution < 1.29 is 25.8 Å². The number of carbonyl (C=O) groups excluding carboxylic acids is 2. The average molecular weight is 587 g/mol. The Hall–Kier alpha value is -4.04. The minimum atomic E-state index is -2.77. The highest BCUT2D eigenvalue weighted by Crippen LogP contribution is 2.40. The first-order valence-corrected chi connectivity index (χ1v) is 12.6. The van der Waals surface area contributed by atoms with E-state index in [0.29, 0.717) is 34.4 Å². The van der Waals surface area contributed by atoms with Gasteiger partial charge in [-0.05, 0) is 51.1 Å². The summed E-state index contributed by atoms with van der Waals surface area (Å²) < 4.78 is 49.6. The van der Waals surface area contributed by atoms with Crippen LogP contribution < -0.4 is 10.2 Å². The number of nitrogens with zero attached hydrogens (tertiary/aromatic N) is 3. The number of amides is 1. The number of pyridine rings is 2. The van der Waals surface area contributed by atoms with E-state index in [9.17, 15) is 18.4 Å². The number of nitrogens with one attached hydrogen (secondary N) is 1. The van der Waals surface area contributed by atoms with E-state index in [1.807, 2.05) is 13.8 Å². The zero-order valence-corrected chi connectivity index (χ0v) is 23.3. The molecule has 1 aromatic carbocycles. The quantitative estimate of drug-likeness (QED) is 0.316. The summed E-state index contributed by atoms with van der Waals surface area (Å²) in [6.07, 6.45) is 4.31. The monoisotopic (exact) mass is 586 g/mol. The zero-order valence-electron chi connectivity index (χ0n) is 23.8. The Bertz CT molecular complexity index is 1710. The second-order valence-corrected chi connectivity index (χ2v) is 10.1. The Morgan fingerprint density at radius 1 is 1.20 bits per heavy atom. The Balaban J connectivity index is 1.72. The van der Waals surface area contributed by atoms with Gasteiger partial charge in [0.15, 0.2) is 11.6 Å². The van der Waals surface area contributed by atoms with E-state index in [0.717, 1.165) is 12.1 Å². The van der Waals surface area contributed by atoms with Gasteiger partial charge in [0, 0.05) is 48.3 Å². The summed E-state index contributed by atoms with van der Waals surface area (Å²) in [6.45, 7) is 3.85. The summed E-state index contributed by atoms with van der Waals surface area (Å²) in [5.74, 6) is -0.785. The summed E-state index contributed by atoms with van der Waals surface area (Å²) in [5.41, 5.74) is 0.743. The normalized spacial score (nSPS) is 14.8. The first kappa shape index (κ1) is 26.2. The number of allylic oxidation sites excluding steroid dienone is 3. The smallest absolute Gasteiger partial charge is 0.217 e. The van der Waals surface area contributed by atoms with Gasteiger partial charge < -0.3 is 15.0 Å². The first-order valence-electron chi connectivity index (χ1n) is 12.8. The summed E-state index contributed by atoms with van der Waals surface area (Å²) in [5, 5.41) is 2.68. The maximum Gasteiger partial charge on any atom is 0.217 e. The number of benzene rings is 1. The van der Waals surface area contributed by atoms with Gasteiger partial charge in [-0.3, -0.25) is 14.8 Å². The van der Waals surface area contributed by atoms with Crippen LogP contribution in [0.2, 0.25) is 5.02 Å². The van der Waals surface area contributed by atoms with E-state index in [-0.39, 0.29) is 27.4 Å². The van der Waals surface area contributed by atoms with Gasteiger partial charge in [-0.25, -0.2) is 13.6 Å². The topological polar surface area (TPSA) is 84.4 Å². The maximum atomic E-state index is 14.3. The third-order valence-electron chi connectivity index (χ3n) is 5.90. The molecule has 0 saturated carbocycles. The fraction of sp³-hybridized carbons (Fsp3) is 0.207. The fourth-order valence-corrected chi connectivity index (χ4v) is 4.46. The van der Waals surface area contributed by atoms with Crippen molar-refractivity contribution in [3.63, 3.8) is 0 Å². The summed E-state index contributed by atoms with van der Waals surface area (Å²) in [6, 6.07) is 7.44. The number of hydrogen-bond acceptors (Lipinski definition) is 6. The van der Waals surface area contributed by atoms with Crippen LogP contribution in [0.15, 0.2) is 77.1 Å². The van der Waals surface area contributed by atoms with E-state index >= 15 is 0 Å². The van der Waals surface area contributed by atoms with E-state index in [2.05, 4.69) is 15.3 Å². The molecule has 0 atom stereocenters. The standard InChI is InChI=1S/C29H24Cl2F2N4O3/c1-16-9-26(40-15-19-5-6-20(32)11-22(19)33)28(31)25(14-38)37(16)24-12-23(35-13-21(24)30)18-7-8-34-27(10-18)29(3,4)36-17(2)39/h5-13H,15H2,1-4H3,(H,36,39)/i15D2. The van der Waals surface area contributed by atoms with Crippen molar-refractivity contribution in [3.8, 4) is 11.3 Å². The fourth-order valence-electron chi connectivity index (χ4n) is 4.06. The highest BCUT2D eigenvalue weighted by Gasteiger charge is 2.29. The third kappa shape index (κ3) is 6.07. The molecule has 1 N–H and O–H groups in total. The summed E-state index contributed by atoms with van der Waals surface area (Å²) >= 11 is 13.0. The van der Waals surface area contributed by atoms with E-state index in [1.54, 1.807) is 37.3 Å². The predicted molar refractivity (Wildman–Crippen MR) is 149 cm³/mol. The van der Waals surface area contributed by atoms with Crippen molar-refractivity contribution >= 4 is 40.7 Å². The van der Waals surface area contributed by atoms with Crippen LogP contribution >= 0.6 is 23.2 Å². The van der Waals surface area contributed by atoms with E-state index in [4.69, 9.17) is 30.7 Å². The Kier molecular flexibility index (Phi) is 7.60. The molecule has 40 heavy (non-hydrogen) atoms. The van der Waals surface area contributed by atoms with Crippen molar-refractivity contribution in [2.75, 3.05) is 4.90 Å². The molecule has 3 heterocycles. The van der Waals surface area contributed by atoms with Crippen LogP contribution in [0, 0.1) is 11.6 Å². The van der Waals surface area contributed by atoms with Crippen LogP contribution in [0.4, 0.5) is 14.5 Å². The Labute approximate surface area is 242 Å². The van der Waals surface area contributed by atoms with Crippen molar-refractivity contribution in [2.24, 2.45) is 0 Å². The van der Waals surface area contributed by atoms with Crippen LogP contribution in [0.25, 0.3) is 11.3 Å². The Morgan fingerprint density at radius 3 is 2.62 bits per heavy atom. The minimum Gasteiger partial charge on any atom is -0.487 e. The van der Waals surface area contributed by atoms with Gasteiger partial charge >= 0.3 is 0 Å². The van der Waals surface area contributed by atoms with Crippen molar-refractivity contribution in [3.05, 3.63) is 105 Å². The molecule has 0 spiro atoms. The molecule has 0 aliphatic carbocycles. The van der Waals surface area contributed by atoms with Gasteiger partial charge in [0.2, 0.25) is 5.91 Å². The largest absolute Gasteiger partial charge is 0.487 e. The van der Waals surface area contributed by atoms with Gasteiger partial charge in [0.05, 0.1) is 30.4 Å². The molecule has 3 aromatic rings. The number of rotatable bonds is 7. The van der Waals surface area contributed by atoms with Crippen LogP contribution in [-0.2, 0) is 26.4 Å². The first-order chi connectivity index (χ1) is 19.6. The van der Waals surface area contributed by atoms with Gasteiger partial charge in [-0.15, -0.1) is 0 Å². The van der Waals surface area contributed by atoms with Crippen LogP contribution in [0.1, 0.15) is 41.7 Å². The molecule has 0 radical (unpaired) electrons. The molecule has 4 rings (SSSR count). The molecular weight excluding hydrogens is 561 g/mol. The van der Waals surface area contributed by atoms with Gasteiger partial charge in [-0.2, -0.15) is 0 Å². The molecule has 0 fully saturated rings. The predicted octanol–water partition coefficient (Wildman–Crippen LogP) is 6.55. The van der Waals surface area contributed by atoms with Gasteiger partial charge in [0.1, 0.15) is 29.0 Å². The minimum absolute atomic E-state index is 0.157. The van der Waals surface area contributed by atoms with Gasteiger partial charge in [-0.1, -0.05) is 23.2 Å².